The Balaban J connectivity index is 1.81. The maximum Gasteiger partial charge on any atom is 0.129 e. The van der Waals surface area contributed by atoms with Crippen molar-refractivity contribution in [2.75, 3.05) is 11.4 Å². The third-order valence-electron chi connectivity index (χ3n) is 3.92. The number of aryl methyl sites for hydroxylation is 1. The van der Waals surface area contributed by atoms with Crippen molar-refractivity contribution >= 4 is 17.6 Å². The van der Waals surface area contributed by atoms with E-state index < -0.39 is 0 Å². The minimum atomic E-state index is 0.220. The van der Waals surface area contributed by atoms with Crippen LogP contribution in [0.25, 0.3) is 0 Å². The maximum absolute atomic E-state index is 4.73. The molecule has 0 spiro atoms. The third-order valence-corrected chi connectivity index (χ3v) is 5.18. The van der Waals surface area contributed by atoms with E-state index in [9.17, 15) is 0 Å². The number of pyridine rings is 1. The molecule has 0 radical (unpaired) electrons. The molecule has 0 atom stereocenters. The van der Waals surface area contributed by atoms with E-state index in [2.05, 4.69) is 62.9 Å². The Labute approximate surface area is 138 Å². The number of rotatable bonds is 2. The topological polar surface area (TPSA) is 16.1 Å². The summed E-state index contributed by atoms with van der Waals surface area (Å²) in [6.07, 6.45) is 3.15. The quantitative estimate of drug-likeness (QED) is 0.738. The average Bonchev–Trinajstić information content (AvgIpc) is 2.47. The molecule has 116 valence electrons. The Morgan fingerprint density at radius 1 is 1.14 bits per heavy atom. The van der Waals surface area contributed by atoms with Gasteiger partial charge in [0.25, 0.3) is 0 Å². The molecule has 0 bridgehead atoms. The zero-order valence-electron chi connectivity index (χ0n) is 13.9. The van der Waals surface area contributed by atoms with Crippen molar-refractivity contribution < 1.29 is 0 Å². The predicted molar refractivity (Wildman–Crippen MR) is 95.8 cm³/mol. The molecule has 0 N–H and O–H groups in total. The van der Waals surface area contributed by atoms with Gasteiger partial charge in [-0.15, -0.1) is 11.8 Å². The van der Waals surface area contributed by atoms with Crippen LogP contribution in [0, 0.1) is 6.92 Å². The molecule has 2 aromatic rings. The molecule has 1 aromatic carbocycles. The van der Waals surface area contributed by atoms with Crippen molar-refractivity contribution in [3.8, 4) is 0 Å². The van der Waals surface area contributed by atoms with Crippen molar-refractivity contribution in [3.63, 3.8) is 0 Å². The highest BCUT2D eigenvalue weighted by Gasteiger charge is 2.19. The van der Waals surface area contributed by atoms with Crippen LogP contribution in [-0.2, 0) is 13.0 Å². The van der Waals surface area contributed by atoms with Gasteiger partial charge in [0.2, 0.25) is 0 Å². The number of aromatic nitrogens is 1. The Bertz CT molecular complexity index is 673. The van der Waals surface area contributed by atoms with E-state index in [4.69, 9.17) is 4.98 Å². The molecule has 0 aliphatic carbocycles. The first-order chi connectivity index (χ1) is 10.4. The van der Waals surface area contributed by atoms with E-state index in [-0.39, 0.29) is 4.75 Å². The lowest BCUT2D eigenvalue weighted by Crippen LogP contribution is -2.31. The van der Waals surface area contributed by atoms with Gasteiger partial charge in [-0.3, -0.25) is 0 Å². The number of benzene rings is 1. The molecule has 1 aliphatic rings. The second-order valence-corrected chi connectivity index (χ2v) is 8.83. The highest BCUT2D eigenvalue weighted by Crippen LogP contribution is 2.35. The normalized spacial score (nSPS) is 14.8. The van der Waals surface area contributed by atoms with Crippen LogP contribution in [0.5, 0.6) is 0 Å². The third kappa shape index (κ3) is 3.46. The molecule has 2 heterocycles. The zero-order valence-corrected chi connectivity index (χ0v) is 14.7. The Morgan fingerprint density at radius 2 is 1.86 bits per heavy atom. The largest absolute Gasteiger partial charge is 0.352 e. The van der Waals surface area contributed by atoms with Gasteiger partial charge < -0.3 is 4.90 Å². The fourth-order valence-corrected chi connectivity index (χ4v) is 3.81. The van der Waals surface area contributed by atoms with Gasteiger partial charge in [0, 0.05) is 28.9 Å². The molecular weight excluding hydrogens is 288 g/mol. The van der Waals surface area contributed by atoms with Gasteiger partial charge in [-0.1, -0.05) is 45.0 Å². The smallest absolute Gasteiger partial charge is 0.129 e. The number of nitrogens with zero attached hydrogens (tertiary/aromatic N) is 2. The fraction of sp³-hybridized carbons (Fsp3) is 0.421. The highest BCUT2D eigenvalue weighted by molar-refractivity contribution is 8.00. The summed E-state index contributed by atoms with van der Waals surface area (Å²) in [6.45, 7) is 10.9. The molecule has 3 heteroatoms. The molecule has 0 saturated carbocycles. The monoisotopic (exact) mass is 312 g/mol. The van der Waals surface area contributed by atoms with Gasteiger partial charge in [-0.25, -0.2) is 4.98 Å². The summed E-state index contributed by atoms with van der Waals surface area (Å²) in [6, 6.07) is 11.0. The summed E-state index contributed by atoms with van der Waals surface area (Å²) in [7, 11) is 0. The Hall–Kier alpha value is -1.48. The lowest BCUT2D eigenvalue weighted by Gasteiger charge is -2.30. The summed E-state index contributed by atoms with van der Waals surface area (Å²) in [5, 5.41) is 0. The van der Waals surface area contributed by atoms with Crippen molar-refractivity contribution in [1.29, 1.82) is 0 Å². The van der Waals surface area contributed by atoms with Crippen molar-refractivity contribution in [3.05, 3.63) is 53.2 Å². The van der Waals surface area contributed by atoms with Gasteiger partial charge >= 0.3 is 0 Å². The fourth-order valence-electron chi connectivity index (χ4n) is 2.83. The van der Waals surface area contributed by atoms with E-state index >= 15 is 0 Å². The Kier molecular flexibility index (Phi) is 4.18. The zero-order chi connectivity index (χ0) is 15.7. The van der Waals surface area contributed by atoms with Gasteiger partial charge in [-0.05, 0) is 36.1 Å². The van der Waals surface area contributed by atoms with Crippen LogP contribution >= 0.6 is 11.8 Å². The van der Waals surface area contributed by atoms with Crippen molar-refractivity contribution in [2.24, 2.45) is 0 Å². The first kappa shape index (κ1) is 15.4. The van der Waals surface area contributed by atoms with Gasteiger partial charge in [0.1, 0.15) is 5.82 Å². The standard InChI is InChI=1S/C19H24N2S/c1-14-11-18(20-12-17(14)22-19(2,3)4)21-10-9-15-7-5-6-8-16(15)13-21/h5-8,11-12H,9-10,13H2,1-4H3. The van der Waals surface area contributed by atoms with Crippen molar-refractivity contribution in [2.45, 2.75) is 50.3 Å². The van der Waals surface area contributed by atoms with Crippen LogP contribution in [0.15, 0.2) is 41.4 Å². The summed E-state index contributed by atoms with van der Waals surface area (Å²) >= 11 is 1.89. The van der Waals surface area contributed by atoms with Crippen molar-refractivity contribution in [1.82, 2.24) is 4.98 Å². The van der Waals surface area contributed by atoms with E-state index in [1.165, 1.54) is 21.6 Å². The molecule has 0 unspecified atom stereocenters. The number of hydrogen-bond donors (Lipinski definition) is 0. The molecule has 2 nitrogen and oxygen atoms in total. The molecule has 1 aromatic heterocycles. The molecule has 0 fully saturated rings. The summed E-state index contributed by atoms with van der Waals surface area (Å²) in [5.74, 6) is 1.10. The van der Waals surface area contributed by atoms with Gasteiger partial charge in [-0.2, -0.15) is 0 Å². The summed E-state index contributed by atoms with van der Waals surface area (Å²) < 4.78 is 0.220. The first-order valence-electron chi connectivity index (χ1n) is 7.90. The van der Waals surface area contributed by atoms with Crippen LogP contribution in [0.1, 0.15) is 37.5 Å². The van der Waals surface area contributed by atoms with Crippen LogP contribution in [0.2, 0.25) is 0 Å². The Morgan fingerprint density at radius 3 is 2.55 bits per heavy atom. The summed E-state index contributed by atoms with van der Waals surface area (Å²) in [4.78, 5) is 8.40. The molecule has 1 aliphatic heterocycles. The average molecular weight is 312 g/mol. The van der Waals surface area contributed by atoms with Crippen LogP contribution < -0.4 is 4.90 Å². The predicted octanol–water partition coefficient (Wildman–Crippen LogP) is 4.84. The number of thioether (sulfide) groups is 1. The van der Waals surface area contributed by atoms with E-state index in [0.29, 0.717) is 0 Å². The molecule has 0 amide bonds. The number of hydrogen-bond acceptors (Lipinski definition) is 3. The minimum absolute atomic E-state index is 0.220. The van der Waals surface area contributed by atoms with Gasteiger partial charge in [0.05, 0.1) is 0 Å². The second-order valence-electron chi connectivity index (χ2n) is 6.96. The molecule has 3 rings (SSSR count). The van der Waals surface area contributed by atoms with Crippen LogP contribution in [-0.4, -0.2) is 16.3 Å². The first-order valence-corrected chi connectivity index (χ1v) is 8.71. The van der Waals surface area contributed by atoms with Crippen LogP contribution in [0.4, 0.5) is 5.82 Å². The van der Waals surface area contributed by atoms with E-state index in [1.807, 2.05) is 18.0 Å². The highest BCUT2D eigenvalue weighted by atomic mass is 32.2. The maximum atomic E-state index is 4.73. The second kappa shape index (κ2) is 5.96. The van der Waals surface area contributed by atoms with E-state index in [1.54, 1.807) is 0 Å². The molecular formula is C19H24N2S. The molecule has 22 heavy (non-hydrogen) atoms. The number of anilines is 1. The number of fused-ring (bicyclic) bond motifs is 1. The van der Waals surface area contributed by atoms with E-state index in [0.717, 1.165) is 25.3 Å². The summed E-state index contributed by atoms with van der Waals surface area (Å²) in [5.41, 5.74) is 4.24. The minimum Gasteiger partial charge on any atom is -0.352 e. The SMILES string of the molecule is Cc1cc(N2CCc3ccccc3C2)ncc1SC(C)(C)C. The lowest BCUT2D eigenvalue weighted by atomic mass is 10.00. The molecule has 0 saturated heterocycles. The lowest BCUT2D eigenvalue weighted by molar-refractivity contribution is 0.719. The van der Waals surface area contributed by atoms with Gasteiger partial charge in [0.15, 0.2) is 0 Å². The van der Waals surface area contributed by atoms with Crippen LogP contribution in [0.3, 0.4) is 0 Å².